The van der Waals surface area contributed by atoms with E-state index in [0.717, 1.165) is 6.54 Å². The zero-order chi connectivity index (χ0) is 14.7. The minimum atomic E-state index is -0.957. The summed E-state index contributed by atoms with van der Waals surface area (Å²) < 4.78 is 1.82. The van der Waals surface area contributed by atoms with Crippen molar-refractivity contribution in [3.63, 3.8) is 0 Å². The first-order valence-electron chi connectivity index (χ1n) is 6.68. The van der Waals surface area contributed by atoms with E-state index in [9.17, 15) is 14.7 Å². The summed E-state index contributed by atoms with van der Waals surface area (Å²) in [5, 5.41) is 19.6. The number of aliphatic carboxylic acids is 1. The normalized spacial score (nSPS) is 22.0. The lowest BCUT2D eigenvalue weighted by molar-refractivity contribution is -0.142. The Labute approximate surface area is 116 Å². The van der Waals surface area contributed by atoms with Crippen molar-refractivity contribution in [1.29, 1.82) is 0 Å². The SMILES string of the molecule is CCn1cnnc1CNC(=O)N1CCC(C)C1C(=O)O. The second-order valence-electron chi connectivity index (χ2n) is 4.93. The molecule has 20 heavy (non-hydrogen) atoms. The second kappa shape index (κ2) is 5.89. The molecule has 2 amide bonds. The van der Waals surface area contributed by atoms with Crippen LogP contribution >= 0.6 is 0 Å². The quantitative estimate of drug-likeness (QED) is 0.827. The van der Waals surface area contributed by atoms with Crippen LogP contribution in [0, 0.1) is 5.92 Å². The lowest BCUT2D eigenvalue weighted by Gasteiger charge is -2.23. The van der Waals surface area contributed by atoms with Crippen LogP contribution in [0.2, 0.25) is 0 Å². The van der Waals surface area contributed by atoms with Crippen LogP contribution in [0.15, 0.2) is 6.33 Å². The first-order chi connectivity index (χ1) is 9.54. The summed E-state index contributed by atoms with van der Waals surface area (Å²) >= 11 is 0. The molecular formula is C12H19N5O3. The van der Waals surface area contributed by atoms with Gasteiger partial charge in [-0.25, -0.2) is 9.59 Å². The van der Waals surface area contributed by atoms with Crippen LogP contribution in [0.3, 0.4) is 0 Å². The molecule has 2 N–H and O–H groups in total. The number of urea groups is 1. The van der Waals surface area contributed by atoms with Gasteiger partial charge in [0.15, 0.2) is 5.82 Å². The zero-order valence-corrected chi connectivity index (χ0v) is 11.6. The van der Waals surface area contributed by atoms with E-state index in [0.29, 0.717) is 18.8 Å². The van der Waals surface area contributed by atoms with Crippen molar-refractivity contribution < 1.29 is 14.7 Å². The Morgan fingerprint density at radius 1 is 1.55 bits per heavy atom. The van der Waals surface area contributed by atoms with Gasteiger partial charge in [0, 0.05) is 13.1 Å². The number of likely N-dealkylation sites (tertiary alicyclic amines) is 1. The summed E-state index contributed by atoms with van der Waals surface area (Å²) in [6.45, 7) is 5.22. The van der Waals surface area contributed by atoms with Crippen molar-refractivity contribution in [2.24, 2.45) is 5.92 Å². The number of hydrogen-bond acceptors (Lipinski definition) is 4. The zero-order valence-electron chi connectivity index (χ0n) is 11.6. The van der Waals surface area contributed by atoms with Crippen LogP contribution < -0.4 is 5.32 Å². The molecule has 0 aliphatic carbocycles. The molecule has 0 spiro atoms. The number of aryl methyl sites for hydroxylation is 1. The summed E-state index contributed by atoms with van der Waals surface area (Å²) in [7, 11) is 0. The Balaban J connectivity index is 1.97. The number of carbonyl (C=O) groups excluding carboxylic acids is 1. The molecule has 0 saturated carbocycles. The van der Waals surface area contributed by atoms with Crippen LogP contribution in [0.5, 0.6) is 0 Å². The lowest BCUT2D eigenvalue weighted by Crippen LogP contribution is -2.47. The van der Waals surface area contributed by atoms with Gasteiger partial charge in [-0.2, -0.15) is 0 Å². The van der Waals surface area contributed by atoms with E-state index in [1.165, 1.54) is 4.90 Å². The maximum absolute atomic E-state index is 12.1. The molecule has 0 aromatic carbocycles. The van der Waals surface area contributed by atoms with Crippen molar-refractivity contribution in [3.8, 4) is 0 Å². The van der Waals surface area contributed by atoms with Gasteiger partial charge >= 0.3 is 12.0 Å². The molecular weight excluding hydrogens is 262 g/mol. The summed E-state index contributed by atoms with van der Waals surface area (Å²) in [5.41, 5.74) is 0. The molecule has 110 valence electrons. The summed E-state index contributed by atoms with van der Waals surface area (Å²) in [6.07, 6.45) is 2.30. The van der Waals surface area contributed by atoms with Gasteiger partial charge < -0.3 is 19.9 Å². The largest absolute Gasteiger partial charge is 0.480 e. The first-order valence-corrected chi connectivity index (χ1v) is 6.68. The Hall–Kier alpha value is -2.12. The van der Waals surface area contributed by atoms with Crippen molar-refractivity contribution in [2.75, 3.05) is 6.54 Å². The van der Waals surface area contributed by atoms with Crippen LogP contribution in [0.25, 0.3) is 0 Å². The van der Waals surface area contributed by atoms with Gasteiger partial charge in [-0.15, -0.1) is 10.2 Å². The van der Waals surface area contributed by atoms with E-state index in [-0.39, 0.29) is 18.5 Å². The van der Waals surface area contributed by atoms with E-state index < -0.39 is 12.0 Å². The Bertz CT molecular complexity index is 501. The summed E-state index contributed by atoms with van der Waals surface area (Å²) in [4.78, 5) is 24.7. The van der Waals surface area contributed by atoms with Gasteiger partial charge in [-0.1, -0.05) is 6.92 Å². The molecule has 2 heterocycles. The molecule has 1 aromatic rings. The number of nitrogens with zero attached hydrogens (tertiary/aromatic N) is 4. The highest BCUT2D eigenvalue weighted by molar-refractivity contribution is 5.83. The number of nitrogens with one attached hydrogen (secondary N) is 1. The average molecular weight is 281 g/mol. The van der Waals surface area contributed by atoms with Crippen molar-refractivity contribution in [1.82, 2.24) is 25.0 Å². The van der Waals surface area contributed by atoms with Crippen molar-refractivity contribution in [2.45, 2.75) is 39.4 Å². The second-order valence-corrected chi connectivity index (χ2v) is 4.93. The summed E-state index contributed by atoms with van der Waals surface area (Å²) in [5.74, 6) is -0.334. The van der Waals surface area contributed by atoms with E-state index >= 15 is 0 Å². The monoisotopic (exact) mass is 281 g/mol. The molecule has 1 aromatic heterocycles. The molecule has 1 fully saturated rings. The third-order valence-electron chi connectivity index (χ3n) is 3.65. The molecule has 2 atom stereocenters. The van der Waals surface area contributed by atoms with Gasteiger partial charge in [-0.3, -0.25) is 0 Å². The molecule has 2 unspecified atom stereocenters. The number of amides is 2. The Morgan fingerprint density at radius 2 is 2.30 bits per heavy atom. The van der Waals surface area contributed by atoms with Gasteiger partial charge in [0.25, 0.3) is 0 Å². The van der Waals surface area contributed by atoms with Crippen molar-refractivity contribution >= 4 is 12.0 Å². The number of carboxylic acid groups (broad SMARTS) is 1. The van der Waals surface area contributed by atoms with E-state index in [1.807, 2.05) is 18.4 Å². The minimum absolute atomic E-state index is 0.0301. The minimum Gasteiger partial charge on any atom is -0.480 e. The third-order valence-corrected chi connectivity index (χ3v) is 3.65. The van der Waals surface area contributed by atoms with Gasteiger partial charge in [0.2, 0.25) is 0 Å². The van der Waals surface area contributed by atoms with Crippen LogP contribution in [0.1, 0.15) is 26.1 Å². The molecule has 1 saturated heterocycles. The smallest absolute Gasteiger partial charge is 0.326 e. The fraction of sp³-hybridized carbons (Fsp3) is 0.667. The van der Waals surface area contributed by atoms with E-state index in [1.54, 1.807) is 6.33 Å². The molecule has 1 aliphatic heterocycles. The number of rotatable bonds is 4. The molecule has 0 radical (unpaired) electrons. The standard InChI is InChI=1S/C12H19N5O3/c1-3-16-7-14-15-9(16)6-13-12(20)17-5-4-8(2)10(17)11(18)19/h7-8,10H,3-6H2,1-2H3,(H,13,20)(H,18,19). The maximum Gasteiger partial charge on any atom is 0.326 e. The predicted octanol–water partition coefficient (Wildman–Crippen LogP) is 0.303. The lowest BCUT2D eigenvalue weighted by atomic mass is 10.0. The van der Waals surface area contributed by atoms with Gasteiger partial charge in [-0.05, 0) is 19.3 Å². The van der Waals surface area contributed by atoms with Gasteiger partial charge in [0.05, 0.1) is 6.54 Å². The number of hydrogen-bond donors (Lipinski definition) is 2. The summed E-state index contributed by atoms with van der Waals surface area (Å²) in [6, 6.07) is -1.12. The average Bonchev–Trinajstić information content (AvgIpc) is 3.01. The maximum atomic E-state index is 12.1. The molecule has 8 nitrogen and oxygen atoms in total. The van der Waals surface area contributed by atoms with Crippen molar-refractivity contribution in [3.05, 3.63) is 12.2 Å². The van der Waals surface area contributed by atoms with Crippen LogP contribution in [-0.4, -0.2) is 49.4 Å². The predicted molar refractivity (Wildman–Crippen MR) is 69.8 cm³/mol. The van der Waals surface area contributed by atoms with E-state index in [4.69, 9.17) is 0 Å². The third kappa shape index (κ3) is 2.73. The highest BCUT2D eigenvalue weighted by Gasteiger charge is 2.39. The molecule has 8 heteroatoms. The van der Waals surface area contributed by atoms with Crippen LogP contribution in [0.4, 0.5) is 4.79 Å². The van der Waals surface area contributed by atoms with E-state index in [2.05, 4.69) is 15.5 Å². The Morgan fingerprint density at radius 3 is 2.95 bits per heavy atom. The number of carboxylic acids is 1. The fourth-order valence-corrected chi connectivity index (χ4v) is 2.49. The highest BCUT2D eigenvalue weighted by atomic mass is 16.4. The number of carbonyl (C=O) groups is 2. The highest BCUT2D eigenvalue weighted by Crippen LogP contribution is 2.24. The molecule has 1 aliphatic rings. The molecule has 2 rings (SSSR count). The molecule has 0 bridgehead atoms. The van der Waals surface area contributed by atoms with Crippen LogP contribution in [-0.2, 0) is 17.9 Å². The fourth-order valence-electron chi connectivity index (χ4n) is 2.49. The Kier molecular flexibility index (Phi) is 4.21. The first kappa shape index (κ1) is 14.3. The number of aromatic nitrogens is 3. The topological polar surface area (TPSA) is 100 Å². The van der Waals surface area contributed by atoms with Gasteiger partial charge in [0.1, 0.15) is 12.4 Å².